The number of aromatic nitrogens is 4. The summed E-state index contributed by atoms with van der Waals surface area (Å²) in [6.07, 6.45) is -0.538. The fraction of sp³-hybridized carbons (Fsp3) is 0.333. The van der Waals surface area contributed by atoms with Crippen LogP contribution < -0.4 is 31.6 Å². The number of nitrogens with two attached hydrogens (primary N) is 2. The van der Waals surface area contributed by atoms with Gasteiger partial charge in [-0.05, 0) is 64.1 Å². The number of hydrogen-bond acceptors (Lipinski definition) is 8. The number of benzene rings is 2. The first-order valence-corrected chi connectivity index (χ1v) is 19.0. The number of alkyl halides is 5. The summed E-state index contributed by atoms with van der Waals surface area (Å²) in [5, 5.41) is 5.00. The van der Waals surface area contributed by atoms with Crippen molar-refractivity contribution in [1.82, 2.24) is 29.4 Å². The van der Waals surface area contributed by atoms with Crippen LogP contribution in [0.5, 0.6) is 11.5 Å². The van der Waals surface area contributed by atoms with Gasteiger partial charge in [0.25, 0.3) is 18.2 Å². The minimum absolute atomic E-state index is 0.00482. The number of nitrogens with zero attached hydrogens (tertiary/aromatic N) is 4. The first-order chi connectivity index (χ1) is 29.7. The van der Waals surface area contributed by atoms with Gasteiger partial charge in [-0.3, -0.25) is 18.4 Å². The van der Waals surface area contributed by atoms with Gasteiger partial charge in [-0.25, -0.2) is 49.5 Å². The highest BCUT2D eigenvalue weighted by Crippen LogP contribution is 2.31. The molecule has 0 saturated heterocycles. The Morgan fingerprint density at radius 2 is 1.10 bits per heavy atom. The molecule has 338 valence electrons. The summed E-state index contributed by atoms with van der Waals surface area (Å²) >= 11 is 0. The molecule has 0 aliphatic carbocycles. The molecule has 4 heterocycles. The molecule has 63 heavy (non-hydrogen) atoms. The van der Waals surface area contributed by atoms with Gasteiger partial charge < -0.3 is 31.6 Å². The number of fused-ring (bicyclic) bond motifs is 2. The molecule has 12 nitrogen and oxygen atoms in total. The van der Waals surface area contributed by atoms with Crippen molar-refractivity contribution in [2.75, 3.05) is 26.4 Å². The zero-order chi connectivity index (χ0) is 46.4. The average Bonchev–Trinajstić information content (AvgIpc) is 3.76. The fourth-order valence-corrected chi connectivity index (χ4v) is 5.95. The van der Waals surface area contributed by atoms with Crippen molar-refractivity contribution < 1.29 is 58.6 Å². The van der Waals surface area contributed by atoms with E-state index in [-0.39, 0.29) is 69.7 Å². The predicted molar refractivity (Wildman–Crippen MR) is 213 cm³/mol. The van der Waals surface area contributed by atoms with Gasteiger partial charge in [0.2, 0.25) is 0 Å². The molecule has 2 unspecified atom stereocenters. The minimum atomic E-state index is -2.93. The molecule has 4 aromatic heterocycles. The Labute approximate surface area is 354 Å². The van der Waals surface area contributed by atoms with E-state index in [1.807, 2.05) is 0 Å². The van der Waals surface area contributed by atoms with Gasteiger partial charge in [0, 0.05) is 36.6 Å². The van der Waals surface area contributed by atoms with Crippen molar-refractivity contribution in [2.24, 2.45) is 11.5 Å². The van der Waals surface area contributed by atoms with Crippen LogP contribution in [0.2, 0.25) is 0 Å². The average molecular weight is 895 g/mol. The van der Waals surface area contributed by atoms with Crippen LogP contribution in [0.3, 0.4) is 0 Å². The van der Waals surface area contributed by atoms with Crippen molar-refractivity contribution in [1.29, 1.82) is 0 Å². The molecule has 2 atom stereocenters. The van der Waals surface area contributed by atoms with E-state index in [0.717, 1.165) is 40.9 Å². The van der Waals surface area contributed by atoms with E-state index in [0.29, 0.717) is 5.69 Å². The largest absolute Gasteiger partial charge is 0.485 e. The van der Waals surface area contributed by atoms with Crippen LogP contribution in [0.4, 0.5) is 39.5 Å². The van der Waals surface area contributed by atoms with Gasteiger partial charge in [0.15, 0.2) is 22.8 Å². The molecular formula is C42H43F9N8O4. The highest BCUT2D eigenvalue weighted by molar-refractivity contribution is 5.95. The Kier molecular flexibility index (Phi) is 15.0. The number of amides is 2. The molecule has 6 aromatic rings. The Bertz CT molecular complexity index is 2580. The van der Waals surface area contributed by atoms with E-state index in [9.17, 15) is 49.1 Å². The molecule has 0 bridgehead atoms. The highest BCUT2D eigenvalue weighted by Gasteiger charge is 2.27. The number of ether oxygens (including phenoxy) is 2. The van der Waals surface area contributed by atoms with Crippen LogP contribution in [-0.4, -0.2) is 68.1 Å². The zero-order valence-electron chi connectivity index (χ0n) is 34.3. The third-order valence-corrected chi connectivity index (χ3v) is 9.42. The number of rotatable bonds is 16. The lowest BCUT2D eigenvalue weighted by Crippen LogP contribution is -2.49. The number of pyridine rings is 2. The molecule has 0 saturated carbocycles. The summed E-state index contributed by atoms with van der Waals surface area (Å²) in [7, 11) is 0. The van der Waals surface area contributed by atoms with Gasteiger partial charge in [0.05, 0.1) is 33.6 Å². The number of halogens is 9. The molecule has 2 amide bonds. The van der Waals surface area contributed by atoms with Crippen LogP contribution in [0.15, 0.2) is 60.9 Å². The smallest absolute Gasteiger partial charge is 0.270 e. The maximum atomic E-state index is 13.9. The summed E-state index contributed by atoms with van der Waals surface area (Å²) in [5.41, 5.74) is 8.47. The standard InChI is InChI=1S/C21H21F5N4O2.C21H22F4N4O2/c1-11-17(20(31)28-10-21(2,27)9-22)30-7-12(18(25)26)6-16(19(30)29-11)32-8-13-14(23)4-3-5-15(13)24;1-12-18(20(30)27-11-21(2,26)10-23)29-8-13(7-22)6-17(19(29)28-12)31-9-14-15(24)4-3-5-16(14)25/h3-7,18H,8-10,27H2,1-2H3,(H,28,31);3-6,8H,7,9-11,26H2,1-2H3,(H,27,30). The van der Waals surface area contributed by atoms with Crippen LogP contribution in [0, 0.1) is 37.1 Å². The van der Waals surface area contributed by atoms with Crippen molar-refractivity contribution in [3.63, 3.8) is 0 Å². The second-order valence-corrected chi connectivity index (χ2v) is 15.2. The van der Waals surface area contributed by atoms with Crippen molar-refractivity contribution >= 4 is 23.1 Å². The lowest BCUT2D eigenvalue weighted by molar-refractivity contribution is 0.0927. The lowest BCUT2D eigenvalue weighted by atomic mass is 10.1. The van der Waals surface area contributed by atoms with Crippen LogP contribution in [0.1, 0.15) is 74.9 Å². The summed E-state index contributed by atoms with van der Waals surface area (Å²) < 4.78 is 135. The topological polar surface area (TPSA) is 163 Å². The molecule has 6 N–H and O–H groups in total. The number of imidazole rings is 2. The Morgan fingerprint density at radius 1 is 0.698 bits per heavy atom. The van der Waals surface area contributed by atoms with Crippen LogP contribution >= 0.6 is 0 Å². The summed E-state index contributed by atoms with van der Waals surface area (Å²) in [6.45, 7) is 1.90. The van der Waals surface area contributed by atoms with Crippen molar-refractivity contribution in [3.05, 3.63) is 129 Å². The van der Waals surface area contributed by atoms with E-state index >= 15 is 0 Å². The second-order valence-electron chi connectivity index (χ2n) is 15.2. The molecule has 0 spiro atoms. The molecule has 6 rings (SSSR count). The maximum Gasteiger partial charge on any atom is 0.270 e. The minimum Gasteiger partial charge on any atom is -0.485 e. The van der Waals surface area contributed by atoms with E-state index < -0.39 is 91.4 Å². The first kappa shape index (κ1) is 47.7. The SMILES string of the molecule is Cc1nc2c(OCc3c(F)cccc3F)cc(C(F)F)cn2c1C(=O)NCC(C)(N)CF.Cc1nc2c(OCc3c(F)cccc3F)cc(CF)cn2c1C(=O)NCC(C)(N)CF. The second kappa shape index (κ2) is 19.8. The van der Waals surface area contributed by atoms with Gasteiger partial charge in [-0.1, -0.05) is 12.1 Å². The summed E-state index contributed by atoms with van der Waals surface area (Å²) in [6, 6.07) is 9.03. The van der Waals surface area contributed by atoms with E-state index in [2.05, 4.69) is 20.6 Å². The molecule has 0 radical (unpaired) electrons. The number of carbonyl (C=O) groups excluding carboxylic acids is 2. The highest BCUT2D eigenvalue weighted by atomic mass is 19.3. The van der Waals surface area contributed by atoms with Crippen LogP contribution in [0.25, 0.3) is 11.3 Å². The Morgan fingerprint density at radius 3 is 1.48 bits per heavy atom. The van der Waals surface area contributed by atoms with Gasteiger partial charge in [-0.2, -0.15) is 0 Å². The molecule has 21 heteroatoms. The number of hydrogen-bond donors (Lipinski definition) is 4. The van der Waals surface area contributed by atoms with Gasteiger partial charge in [-0.15, -0.1) is 0 Å². The first-order valence-electron chi connectivity index (χ1n) is 19.0. The zero-order valence-corrected chi connectivity index (χ0v) is 34.3. The monoisotopic (exact) mass is 894 g/mol. The van der Waals surface area contributed by atoms with Gasteiger partial charge in [0.1, 0.15) is 67.9 Å². The number of nitrogens with one attached hydrogen (secondary N) is 2. The maximum absolute atomic E-state index is 13.9. The van der Waals surface area contributed by atoms with E-state index in [4.69, 9.17) is 20.9 Å². The van der Waals surface area contributed by atoms with Gasteiger partial charge >= 0.3 is 0 Å². The van der Waals surface area contributed by atoms with Crippen molar-refractivity contribution in [2.45, 2.75) is 65.1 Å². The lowest BCUT2D eigenvalue weighted by Gasteiger charge is -2.20. The molecule has 0 aliphatic rings. The third-order valence-electron chi connectivity index (χ3n) is 9.42. The third kappa shape index (κ3) is 11.2. The Hall–Kier alpha value is -6.35. The predicted octanol–water partition coefficient (Wildman–Crippen LogP) is 7.24. The van der Waals surface area contributed by atoms with Crippen molar-refractivity contribution in [3.8, 4) is 11.5 Å². The van der Waals surface area contributed by atoms with E-state index in [1.54, 1.807) is 6.92 Å². The number of aryl methyl sites for hydroxylation is 2. The molecule has 0 fully saturated rings. The summed E-state index contributed by atoms with van der Waals surface area (Å²) in [5.74, 6) is -4.72. The fourth-order valence-electron chi connectivity index (χ4n) is 5.95. The summed E-state index contributed by atoms with van der Waals surface area (Å²) in [4.78, 5) is 33.9. The van der Waals surface area contributed by atoms with Crippen LogP contribution in [-0.2, 0) is 19.9 Å². The normalized spacial score (nSPS) is 13.3. The molecule has 0 aliphatic heterocycles. The van der Waals surface area contributed by atoms with E-state index in [1.165, 1.54) is 49.6 Å². The molecule has 2 aromatic carbocycles. The number of carbonyl (C=O) groups is 2. The molecular weight excluding hydrogens is 851 g/mol. The Balaban J connectivity index is 0.000000238. The quantitative estimate of drug-likeness (QED) is 0.0740.